The molecule has 1 aliphatic rings. The van der Waals surface area contributed by atoms with Gasteiger partial charge in [-0.2, -0.15) is 0 Å². The molecule has 1 saturated heterocycles. The van der Waals surface area contributed by atoms with Crippen LogP contribution >= 0.6 is 0 Å². The summed E-state index contributed by atoms with van der Waals surface area (Å²) in [7, 11) is 1.65. The molecule has 0 spiro atoms. The minimum absolute atomic E-state index is 0.0569. The Labute approximate surface area is 159 Å². The Hall–Kier alpha value is -2.48. The van der Waals surface area contributed by atoms with Crippen molar-refractivity contribution in [3.05, 3.63) is 35.7 Å². The van der Waals surface area contributed by atoms with Gasteiger partial charge in [0, 0.05) is 46.3 Å². The molecule has 2 aromatic heterocycles. The quantitative estimate of drug-likeness (QED) is 0.737. The Balaban J connectivity index is 1.80. The number of anilines is 1. The van der Waals surface area contributed by atoms with Crippen molar-refractivity contribution < 1.29 is 13.9 Å². The molecule has 0 radical (unpaired) electrons. The van der Waals surface area contributed by atoms with E-state index in [0.29, 0.717) is 30.3 Å². The van der Waals surface area contributed by atoms with Gasteiger partial charge in [-0.1, -0.05) is 6.92 Å². The van der Waals surface area contributed by atoms with Gasteiger partial charge in [0.1, 0.15) is 11.9 Å². The number of methoxy groups -OCH3 is 1. The summed E-state index contributed by atoms with van der Waals surface area (Å²) < 4.78 is 11.0. The molecule has 3 heterocycles. The molecular weight excluding hydrogens is 346 g/mol. The number of carbonyl (C=O) groups excluding carboxylic acids is 1. The minimum Gasteiger partial charge on any atom is -0.423 e. The Morgan fingerprint density at radius 2 is 2.19 bits per heavy atom. The van der Waals surface area contributed by atoms with E-state index >= 15 is 0 Å². The monoisotopic (exact) mass is 373 g/mol. The third kappa shape index (κ3) is 4.10. The van der Waals surface area contributed by atoms with E-state index in [1.807, 2.05) is 12.1 Å². The van der Waals surface area contributed by atoms with Gasteiger partial charge in [0.2, 0.25) is 11.8 Å². The Kier molecular flexibility index (Phi) is 6.05. The van der Waals surface area contributed by atoms with E-state index in [2.05, 4.69) is 33.9 Å². The molecule has 0 bridgehead atoms. The zero-order valence-corrected chi connectivity index (χ0v) is 16.4. The van der Waals surface area contributed by atoms with Crippen LogP contribution in [0.1, 0.15) is 54.9 Å². The average molecular weight is 373 g/mol. The SMILES string of the molecule is CCCN(CC)c1ccc(C(=O)N2C[C@@H](OC)C[C@@H]2c2nnc(C)o2)cn1. The largest absolute Gasteiger partial charge is 0.423 e. The van der Waals surface area contributed by atoms with Gasteiger partial charge in [-0.25, -0.2) is 4.98 Å². The van der Waals surface area contributed by atoms with Crippen molar-refractivity contribution in [3.8, 4) is 0 Å². The van der Waals surface area contributed by atoms with Crippen LogP contribution in [0.5, 0.6) is 0 Å². The number of rotatable bonds is 7. The molecule has 1 fully saturated rings. The summed E-state index contributed by atoms with van der Waals surface area (Å²) in [5.74, 6) is 1.72. The van der Waals surface area contributed by atoms with Crippen LogP contribution in [0.15, 0.2) is 22.7 Å². The second-order valence-electron chi connectivity index (χ2n) is 6.71. The normalized spacial score (nSPS) is 19.5. The smallest absolute Gasteiger partial charge is 0.256 e. The molecule has 2 aromatic rings. The summed E-state index contributed by atoms with van der Waals surface area (Å²) in [5.41, 5.74) is 0.546. The van der Waals surface area contributed by atoms with Crippen molar-refractivity contribution in [2.75, 3.05) is 31.6 Å². The topological polar surface area (TPSA) is 84.6 Å². The number of hydrogen-bond donors (Lipinski definition) is 0. The second-order valence-corrected chi connectivity index (χ2v) is 6.71. The number of hydrogen-bond acceptors (Lipinski definition) is 7. The lowest BCUT2D eigenvalue weighted by molar-refractivity contribution is 0.0673. The van der Waals surface area contributed by atoms with Crippen LogP contribution in [0.4, 0.5) is 5.82 Å². The van der Waals surface area contributed by atoms with E-state index in [4.69, 9.17) is 9.15 Å². The molecule has 27 heavy (non-hydrogen) atoms. The molecule has 0 aromatic carbocycles. The lowest BCUT2D eigenvalue weighted by atomic mass is 10.2. The number of amides is 1. The zero-order chi connectivity index (χ0) is 19.4. The first-order chi connectivity index (χ1) is 13.1. The standard InChI is InChI=1S/C19H27N5O3/c1-5-9-23(6-2)17-8-7-14(11-20-17)19(25)24-12-15(26-4)10-16(24)18-22-21-13(3)27-18/h7-8,11,15-16H,5-6,9-10,12H2,1-4H3/t15-,16+/m0/s1. The summed E-state index contributed by atoms with van der Waals surface area (Å²) >= 11 is 0. The van der Waals surface area contributed by atoms with Gasteiger partial charge < -0.3 is 19.0 Å². The first-order valence-corrected chi connectivity index (χ1v) is 9.42. The van der Waals surface area contributed by atoms with E-state index in [1.165, 1.54) is 0 Å². The first-order valence-electron chi connectivity index (χ1n) is 9.42. The van der Waals surface area contributed by atoms with Crippen molar-refractivity contribution in [1.29, 1.82) is 0 Å². The molecule has 3 rings (SSSR count). The number of aryl methyl sites for hydroxylation is 1. The predicted octanol–water partition coefficient (Wildman–Crippen LogP) is 2.61. The van der Waals surface area contributed by atoms with Gasteiger partial charge >= 0.3 is 0 Å². The van der Waals surface area contributed by atoms with Gasteiger partial charge in [-0.3, -0.25) is 4.79 Å². The van der Waals surface area contributed by atoms with Gasteiger partial charge in [0.15, 0.2) is 0 Å². The molecule has 1 aliphatic heterocycles. The molecule has 2 atom stereocenters. The maximum Gasteiger partial charge on any atom is 0.256 e. The van der Waals surface area contributed by atoms with Crippen LogP contribution in [-0.4, -0.2) is 58.8 Å². The summed E-state index contributed by atoms with van der Waals surface area (Å²) in [5, 5.41) is 8.00. The molecule has 8 nitrogen and oxygen atoms in total. The van der Waals surface area contributed by atoms with Crippen LogP contribution in [0.3, 0.4) is 0 Å². The molecule has 8 heteroatoms. The number of carbonyl (C=O) groups is 1. The van der Waals surface area contributed by atoms with Crippen LogP contribution < -0.4 is 4.90 Å². The predicted molar refractivity (Wildman–Crippen MR) is 101 cm³/mol. The molecule has 1 amide bonds. The Morgan fingerprint density at radius 3 is 2.74 bits per heavy atom. The highest BCUT2D eigenvalue weighted by Gasteiger charge is 2.39. The lowest BCUT2D eigenvalue weighted by Crippen LogP contribution is -2.32. The third-order valence-electron chi connectivity index (χ3n) is 4.88. The molecule has 0 unspecified atom stereocenters. The molecule has 0 saturated carbocycles. The van der Waals surface area contributed by atoms with Crippen molar-refractivity contribution in [1.82, 2.24) is 20.1 Å². The summed E-state index contributed by atoms with van der Waals surface area (Å²) in [6.07, 6.45) is 3.27. The number of nitrogens with zero attached hydrogens (tertiary/aromatic N) is 5. The van der Waals surface area contributed by atoms with E-state index in [9.17, 15) is 4.79 Å². The van der Waals surface area contributed by atoms with Gasteiger partial charge in [0.05, 0.1) is 11.7 Å². The first kappa shape index (κ1) is 19.3. The highest BCUT2D eigenvalue weighted by Crippen LogP contribution is 2.33. The maximum atomic E-state index is 13.1. The highest BCUT2D eigenvalue weighted by atomic mass is 16.5. The third-order valence-corrected chi connectivity index (χ3v) is 4.88. The lowest BCUT2D eigenvalue weighted by Gasteiger charge is -2.23. The fraction of sp³-hybridized carbons (Fsp3) is 0.579. The number of ether oxygens (including phenoxy) is 1. The van der Waals surface area contributed by atoms with Crippen LogP contribution in [0.25, 0.3) is 0 Å². The molecular formula is C19H27N5O3. The van der Waals surface area contributed by atoms with E-state index in [1.54, 1.807) is 25.1 Å². The number of aromatic nitrogens is 3. The average Bonchev–Trinajstić information content (AvgIpc) is 3.31. The molecule has 0 N–H and O–H groups in total. The van der Waals surface area contributed by atoms with Crippen LogP contribution in [0, 0.1) is 6.92 Å². The number of likely N-dealkylation sites (tertiary alicyclic amines) is 1. The Bertz CT molecular complexity index is 761. The molecule has 0 aliphatic carbocycles. The summed E-state index contributed by atoms with van der Waals surface area (Å²) in [6.45, 7) is 8.29. The highest BCUT2D eigenvalue weighted by molar-refractivity contribution is 5.94. The number of pyridine rings is 1. The van der Waals surface area contributed by atoms with Gasteiger partial charge in [0.25, 0.3) is 5.91 Å². The van der Waals surface area contributed by atoms with Crippen molar-refractivity contribution in [2.24, 2.45) is 0 Å². The maximum absolute atomic E-state index is 13.1. The van der Waals surface area contributed by atoms with Gasteiger partial charge in [-0.05, 0) is 25.5 Å². The van der Waals surface area contributed by atoms with Crippen LogP contribution in [-0.2, 0) is 4.74 Å². The van der Waals surface area contributed by atoms with Crippen molar-refractivity contribution in [2.45, 2.75) is 45.8 Å². The fourth-order valence-electron chi connectivity index (χ4n) is 3.44. The van der Waals surface area contributed by atoms with Crippen molar-refractivity contribution in [3.63, 3.8) is 0 Å². The van der Waals surface area contributed by atoms with E-state index in [-0.39, 0.29) is 18.1 Å². The second kappa shape index (κ2) is 8.47. The van der Waals surface area contributed by atoms with Crippen molar-refractivity contribution >= 4 is 11.7 Å². The summed E-state index contributed by atoms with van der Waals surface area (Å²) in [4.78, 5) is 21.5. The zero-order valence-electron chi connectivity index (χ0n) is 16.4. The molecule has 146 valence electrons. The Morgan fingerprint density at radius 1 is 1.37 bits per heavy atom. The van der Waals surface area contributed by atoms with Gasteiger partial charge in [-0.15, -0.1) is 10.2 Å². The van der Waals surface area contributed by atoms with Crippen LogP contribution in [0.2, 0.25) is 0 Å². The van der Waals surface area contributed by atoms with E-state index < -0.39 is 0 Å². The fourth-order valence-corrected chi connectivity index (χ4v) is 3.44. The minimum atomic E-state index is -0.282. The summed E-state index contributed by atoms with van der Waals surface area (Å²) in [6, 6.07) is 3.46. The van der Waals surface area contributed by atoms with E-state index in [0.717, 1.165) is 25.3 Å².